The Hall–Kier alpha value is -1.92. The maximum atomic E-state index is 10.5. The van der Waals surface area contributed by atoms with Gasteiger partial charge in [0, 0.05) is 13.1 Å². The molecular weight excluding hydrogens is 260 g/mol. The van der Waals surface area contributed by atoms with E-state index in [4.69, 9.17) is 14.3 Å². The van der Waals surface area contributed by atoms with Gasteiger partial charge in [-0.15, -0.1) is 0 Å². The number of carboxylic acid groups (broad SMARTS) is 1. The first-order valence-corrected chi connectivity index (χ1v) is 6.47. The van der Waals surface area contributed by atoms with Crippen molar-refractivity contribution >= 4 is 17.1 Å². The summed E-state index contributed by atoms with van der Waals surface area (Å²) in [6, 6.07) is 7.65. The third-order valence-electron chi connectivity index (χ3n) is 3.36. The van der Waals surface area contributed by atoms with Crippen molar-refractivity contribution in [3.63, 3.8) is 0 Å². The molecule has 1 aliphatic rings. The van der Waals surface area contributed by atoms with E-state index in [2.05, 4.69) is 9.88 Å². The molecule has 1 fully saturated rings. The standard InChI is InChI=1S/C14H16N2O4/c1-14(19-7-13(17)18)8-16(9-14)6-12-15-10-4-2-3-5-11(10)20-12/h2-5H,6-9H2,1H3,(H,17,18). The molecule has 0 saturated carbocycles. The van der Waals surface area contributed by atoms with Gasteiger partial charge in [-0.25, -0.2) is 9.78 Å². The van der Waals surface area contributed by atoms with Crippen LogP contribution in [-0.2, 0) is 16.1 Å². The number of aliphatic carboxylic acids is 1. The van der Waals surface area contributed by atoms with Gasteiger partial charge in [-0.3, -0.25) is 4.90 Å². The van der Waals surface area contributed by atoms with Crippen LogP contribution in [0.4, 0.5) is 0 Å². The van der Waals surface area contributed by atoms with Crippen molar-refractivity contribution in [2.24, 2.45) is 0 Å². The molecule has 1 saturated heterocycles. The largest absolute Gasteiger partial charge is 0.480 e. The molecule has 0 radical (unpaired) electrons. The SMILES string of the molecule is CC1(OCC(=O)O)CN(Cc2nc3ccccc3o2)C1. The Balaban J connectivity index is 1.57. The molecule has 0 unspecified atom stereocenters. The minimum absolute atomic E-state index is 0.257. The molecule has 0 bridgehead atoms. The summed E-state index contributed by atoms with van der Waals surface area (Å²) in [6.07, 6.45) is 0. The molecule has 6 heteroatoms. The van der Waals surface area contributed by atoms with Crippen LogP contribution in [0.2, 0.25) is 0 Å². The van der Waals surface area contributed by atoms with Crippen molar-refractivity contribution < 1.29 is 19.1 Å². The molecule has 0 amide bonds. The average Bonchev–Trinajstić information content (AvgIpc) is 2.76. The van der Waals surface area contributed by atoms with Crippen LogP contribution in [0.25, 0.3) is 11.1 Å². The van der Waals surface area contributed by atoms with E-state index in [0.717, 1.165) is 11.1 Å². The van der Waals surface area contributed by atoms with Crippen LogP contribution in [0.15, 0.2) is 28.7 Å². The molecule has 106 valence electrons. The molecule has 6 nitrogen and oxygen atoms in total. The third kappa shape index (κ3) is 2.66. The van der Waals surface area contributed by atoms with E-state index < -0.39 is 5.97 Å². The van der Waals surface area contributed by atoms with E-state index in [1.807, 2.05) is 31.2 Å². The Morgan fingerprint density at radius 1 is 1.50 bits per heavy atom. The van der Waals surface area contributed by atoms with Gasteiger partial charge >= 0.3 is 5.97 Å². The van der Waals surface area contributed by atoms with Crippen LogP contribution < -0.4 is 0 Å². The number of carboxylic acids is 1. The number of hydrogen-bond donors (Lipinski definition) is 1. The van der Waals surface area contributed by atoms with Gasteiger partial charge in [0.05, 0.1) is 12.1 Å². The smallest absolute Gasteiger partial charge is 0.329 e. The predicted molar refractivity (Wildman–Crippen MR) is 71.3 cm³/mol. The molecule has 1 N–H and O–H groups in total. The number of fused-ring (bicyclic) bond motifs is 1. The second-order valence-corrected chi connectivity index (χ2v) is 5.35. The fourth-order valence-electron chi connectivity index (χ4n) is 2.52. The lowest BCUT2D eigenvalue weighted by Crippen LogP contribution is -2.61. The number of aromatic nitrogens is 1. The first-order chi connectivity index (χ1) is 9.54. The van der Waals surface area contributed by atoms with Gasteiger partial charge in [0.1, 0.15) is 12.1 Å². The lowest BCUT2D eigenvalue weighted by Gasteiger charge is -2.46. The minimum Gasteiger partial charge on any atom is -0.480 e. The van der Waals surface area contributed by atoms with E-state index in [1.54, 1.807) is 0 Å². The van der Waals surface area contributed by atoms with E-state index >= 15 is 0 Å². The summed E-state index contributed by atoms with van der Waals surface area (Å²) in [5.41, 5.74) is 1.26. The second-order valence-electron chi connectivity index (χ2n) is 5.35. The van der Waals surface area contributed by atoms with Crippen LogP contribution in [0.1, 0.15) is 12.8 Å². The number of rotatable bonds is 5. The van der Waals surface area contributed by atoms with Gasteiger partial charge in [0.15, 0.2) is 5.58 Å². The lowest BCUT2D eigenvalue weighted by atomic mass is 9.96. The Bertz CT molecular complexity index is 598. The molecule has 1 aromatic carbocycles. The molecule has 0 aliphatic carbocycles. The van der Waals surface area contributed by atoms with Gasteiger partial charge in [-0.1, -0.05) is 12.1 Å². The first kappa shape index (κ1) is 13.1. The van der Waals surface area contributed by atoms with E-state index in [1.165, 1.54) is 0 Å². The second kappa shape index (κ2) is 4.88. The summed E-state index contributed by atoms with van der Waals surface area (Å²) in [6.45, 7) is 3.63. The van der Waals surface area contributed by atoms with Gasteiger partial charge in [-0.2, -0.15) is 0 Å². The maximum Gasteiger partial charge on any atom is 0.329 e. The van der Waals surface area contributed by atoms with Crippen molar-refractivity contribution in [2.45, 2.75) is 19.1 Å². The minimum atomic E-state index is -0.941. The molecule has 20 heavy (non-hydrogen) atoms. The number of benzene rings is 1. The quantitative estimate of drug-likeness (QED) is 0.892. The van der Waals surface area contributed by atoms with Crippen LogP contribution in [0.5, 0.6) is 0 Å². The fraction of sp³-hybridized carbons (Fsp3) is 0.429. The molecular formula is C14H16N2O4. The van der Waals surface area contributed by atoms with Gasteiger partial charge < -0.3 is 14.3 Å². The van der Waals surface area contributed by atoms with Crippen molar-refractivity contribution in [1.82, 2.24) is 9.88 Å². The number of para-hydroxylation sites is 2. The number of likely N-dealkylation sites (tertiary alicyclic amines) is 1. The number of oxazole rings is 1. The number of hydrogen-bond acceptors (Lipinski definition) is 5. The van der Waals surface area contributed by atoms with Crippen molar-refractivity contribution in [3.05, 3.63) is 30.2 Å². The highest BCUT2D eigenvalue weighted by atomic mass is 16.5. The molecule has 2 heterocycles. The Morgan fingerprint density at radius 2 is 2.25 bits per heavy atom. The molecule has 0 spiro atoms. The predicted octanol–water partition coefficient (Wildman–Crippen LogP) is 1.50. The van der Waals surface area contributed by atoms with Crippen molar-refractivity contribution in [1.29, 1.82) is 0 Å². The zero-order chi connectivity index (χ0) is 14.2. The monoisotopic (exact) mass is 276 g/mol. The number of carbonyl (C=O) groups is 1. The van der Waals surface area contributed by atoms with Gasteiger partial charge in [0.2, 0.25) is 5.89 Å². The Kier molecular flexibility index (Phi) is 3.19. The normalized spacial score (nSPS) is 18.1. The molecule has 0 atom stereocenters. The van der Waals surface area contributed by atoms with Crippen LogP contribution in [-0.4, -0.2) is 46.3 Å². The van der Waals surface area contributed by atoms with E-state index in [9.17, 15) is 4.79 Å². The van der Waals surface area contributed by atoms with E-state index in [0.29, 0.717) is 25.5 Å². The molecule has 1 aromatic heterocycles. The third-order valence-corrected chi connectivity index (χ3v) is 3.36. The highest BCUT2D eigenvalue weighted by molar-refractivity contribution is 5.72. The maximum absolute atomic E-state index is 10.5. The topological polar surface area (TPSA) is 75.8 Å². The van der Waals surface area contributed by atoms with Crippen LogP contribution >= 0.6 is 0 Å². The van der Waals surface area contributed by atoms with Crippen molar-refractivity contribution in [2.75, 3.05) is 19.7 Å². The summed E-state index contributed by atoms with van der Waals surface area (Å²) < 4.78 is 11.0. The average molecular weight is 276 g/mol. The number of ether oxygens (including phenoxy) is 1. The van der Waals surface area contributed by atoms with Crippen LogP contribution in [0, 0.1) is 0 Å². The molecule has 3 rings (SSSR count). The summed E-state index contributed by atoms with van der Waals surface area (Å²) in [5, 5.41) is 8.61. The summed E-state index contributed by atoms with van der Waals surface area (Å²) >= 11 is 0. The zero-order valence-corrected chi connectivity index (χ0v) is 11.2. The lowest BCUT2D eigenvalue weighted by molar-refractivity contribution is -0.166. The first-order valence-electron chi connectivity index (χ1n) is 6.47. The van der Waals surface area contributed by atoms with Crippen LogP contribution in [0.3, 0.4) is 0 Å². The fourth-order valence-corrected chi connectivity index (χ4v) is 2.52. The van der Waals surface area contributed by atoms with Gasteiger partial charge in [-0.05, 0) is 19.1 Å². The van der Waals surface area contributed by atoms with Crippen molar-refractivity contribution in [3.8, 4) is 0 Å². The van der Waals surface area contributed by atoms with Gasteiger partial charge in [0.25, 0.3) is 0 Å². The summed E-state index contributed by atoms with van der Waals surface area (Å²) in [4.78, 5) is 17.0. The highest BCUT2D eigenvalue weighted by Crippen LogP contribution is 2.27. The highest BCUT2D eigenvalue weighted by Gasteiger charge is 2.40. The molecule has 2 aromatic rings. The Morgan fingerprint density at radius 3 is 2.95 bits per heavy atom. The molecule has 1 aliphatic heterocycles. The summed E-state index contributed by atoms with van der Waals surface area (Å²) in [5.74, 6) is -0.268. The van der Waals surface area contributed by atoms with E-state index in [-0.39, 0.29) is 12.2 Å². The zero-order valence-electron chi connectivity index (χ0n) is 11.2. The summed E-state index contributed by atoms with van der Waals surface area (Å²) in [7, 11) is 0. The number of nitrogens with zero attached hydrogens (tertiary/aromatic N) is 2. The Labute approximate surface area is 116 Å².